The van der Waals surface area contributed by atoms with Crippen molar-refractivity contribution in [3.8, 4) is 11.5 Å². The number of aryl methyl sites for hydroxylation is 1. The van der Waals surface area contributed by atoms with E-state index in [-0.39, 0.29) is 23.0 Å². The third-order valence-electron chi connectivity index (χ3n) is 4.15. The average Bonchev–Trinajstić information content (AvgIpc) is 2.66. The Bertz CT molecular complexity index is 977. The van der Waals surface area contributed by atoms with Crippen LogP contribution in [0.4, 0.5) is 5.69 Å². The molecule has 0 radical (unpaired) electrons. The van der Waals surface area contributed by atoms with Crippen LogP contribution in [0.15, 0.2) is 41.3 Å². The van der Waals surface area contributed by atoms with Gasteiger partial charge in [0, 0.05) is 31.2 Å². The predicted octanol–water partition coefficient (Wildman–Crippen LogP) is 3.71. The minimum atomic E-state index is -3.71. The Hall–Kier alpha value is -2.29. The Labute approximate surface area is 176 Å². The molecule has 1 N–H and O–H groups in total. The van der Waals surface area contributed by atoms with Crippen LogP contribution in [0.1, 0.15) is 18.4 Å². The second-order valence-electron chi connectivity index (χ2n) is 6.56. The number of carbonyl (C=O) groups is 1. The van der Waals surface area contributed by atoms with Gasteiger partial charge in [0.1, 0.15) is 16.4 Å². The molecule has 0 aliphatic carbocycles. The van der Waals surface area contributed by atoms with Crippen molar-refractivity contribution in [1.29, 1.82) is 0 Å². The van der Waals surface area contributed by atoms with Gasteiger partial charge in [-0.3, -0.25) is 4.79 Å². The van der Waals surface area contributed by atoms with Gasteiger partial charge in [-0.05, 0) is 55.3 Å². The van der Waals surface area contributed by atoms with Gasteiger partial charge in [0.2, 0.25) is 15.9 Å². The van der Waals surface area contributed by atoms with E-state index in [1.165, 1.54) is 33.3 Å². The van der Waals surface area contributed by atoms with Crippen LogP contribution >= 0.6 is 11.6 Å². The molecule has 0 aliphatic heterocycles. The maximum atomic E-state index is 12.5. The van der Waals surface area contributed by atoms with Gasteiger partial charge >= 0.3 is 0 Å². The van der Waals surface area contributed by atoms with E-state index in [1.54, 1.807) is 18.2 Å². The number of carbonyl (C=O) groups excluding carboxylic acids is 1. The summed E-state index contributed by atoms with van der Waals surface area (Å²) in [4.78, 5) is 12.2. The SMILES string of the molecule is COc1ccc(NC(=O)CCCOc2ccc(Cl)cc2C)cc1S(=O)(=O)N(C)C. The molecule has 0 fully saturated rings. The smallest absolute Gasteiger partial charge is 0.246 e. The van der Waals surface area contributed by atoms with Gasteiger partial charge in [-0.15, -0.1) is 0 Å². The zero-order valence-electron chi connectivity index (χ0n) is 16.9. The summed E-state index contributed by atoms with van der Waals surface area (Å²) < 4.78 is 36.8. The molecule has 9 heteroatoms. The van der Waals surface area contributed by atoms with E-state index in [0.717, 1.165) is 15.6 Å². The maximum Gasteiger partial charge on any atom is 0.246 e. The zero-order chi connectivity index (χ0) is 21.6. The lowest BCUT2D eigenvalue weighted by Gasteiger charge is -2.16. The number of benzene rings is 2. The number of methoxy groups -OCH3 is 1. The first kappa shape index (κ1) is 23.0. The summed E-state index contributed by atoms with van der Waals surface area (Å²) in [6, 6.07) is 9.85. The lowest BCUT2D eigenvalue weighted by molar-refractivity contribution is -0.116. The van der Waals surface area contributed by atoms with Crippen LogP contribution in [0.5, 0.6) is 11.5 Å². The molecule has 0 aliphatic rings. The fraction of sp³-hybridized carbons (Fsp3) is 0.350. The first-order valence-electron chi connectivity index (χ1n) is 8.94. The lowest BCUT2D eigenvalue weighted by atomic mass is 10.2. The first-order valence-corrected chi connectivity index (χ1v) is 10.8. The van der Waals surface area contributed by atoms with Gasteiger partial charge in [-0.1, -0.05) is 11.6 Å². The average molecular weight is 441 g/mol. The molecule has 0 bridgehead atoms. The van der Waals surface area contributed by atoms with Gasteiger partial charge in [-0.25, -0.2) is 12.7 Å². The Kier molecular flexibility index (Phi) is 7.89. The molecular weight excluding hydrogens is 416 g/mol. The van der Waals surface area contributed by atoms with Crippen LogP contribution in [0.3, 0.4) is 0 Å². The molecule has 158 valence electrons. The van der Waals surface area contributed by atoms with Gasteiger partial charge in [0.15, 0.2) is 0 Å². The second kappa shape index (κ2) is 9.96. The summed E-state index contributed by atoms with van der Waals surface area (Å²) in [5, 5.41) is 3.35. The third-order valence-corrected chi connectivity index (χ3v) is 6.22. The Morgan fingerprint density at radius 3 is 2.45 bits per heavy atom. The molecule has 1 amide bonds. The number of nitrogens with zero attached hydrogens (tertiary/aromatic N) is 1. The quantitative estimate of drug-likeness (QED) is 0.601. The zero-order valence-corrected chi connectivity index (χ0v) is 18.4. The van der Waals surface area contributed by atoms with E-state index in [9.17, 15) is 13.2 Å². The van der Waals surface area contributed by atoms with E-state index in [0.29, 0.717) is 23.7 Å². The molecule has 0 saturated carbocycles. The number of hydrogen-bond acceptors (Lipinski definition) is 5. The van der Waals surface area contributed by atoms with Crippen molar-refractivity contribution in [2.45, 2.75) is 24.7 Å². The van der Waals surface area contributed by atoms with Gasteiger partial charge < -0.3 is 14.8 Å². The van der Waals surface area contributed by atoms with E-state index in [2.05, 4.69) is 5.32 Å². The van der Waals surface area contributed by atoms with Crippen molar-refractivity contribution in [2.75, 3.05) is 33.1 Å². The van der Waals surface area contributed by atoms with Crippen LogP contribution < -0.4 is 14.8 Å². The molecule has 0 aromatic heterocycles. The molecule has 0 saturated heterocycles. The first-order chi connectivity index (χ1) is 13.6. The summed E-state index contributed by atoms with van der Waals surface area (Å²) in [7, 11) is 0.550. The Morgan fingerprint density at radius 1 is 1.14 bits per heavy atom. The van der Waals surface area contributed by atoms with Crippen molar-refractivity contribution in [2.24, 2.45) is 0 Å². The maximum absolute atomic E-state index is 12.5. The van der Waals surface area contributed by atoms with Crippen LogP contribution in [0, 0.1) is 6.92 Å². The highest BCUT2D eigenvalue weighted by Crippen LogP contribution is 2.29. The summed E-state index contributed by atoms with van der Waals surface area (Å²) in [5.74, 6) is 0.701. The molecule has 2 aromatic rings. The summed E-state index contributed by atoms with van der Waals surface area (Å²) >= 11 is 5.92. The van der Waals surface area contributed by atoms with E-state index in [1.807, 2.05) is 13.0 Å². The molecule has 0 heterocycles. The van der Waals surface area contributed by atoms with Crippen molar-refractivity contribution in [3.63, 3.8) is 0 Å². The molecular formula is C20H25ClN2O5S. The predicted molar refractivity (Wildman–Crippen MR) is 113 cm³/mol. The molecule has 0 spiro atoms. The molecule has 2 aromatic carbocycles. The van der Waals surface area contributed by atoms with Crippen LogP contribution in [0.25, 0.3) is 0 Å². The van der Waals surface area contributed by atoms with Crippen LogP contribution in [-0.4, -0.2) is 46.4 Å². The number of halogens is 1. The summed E-state index contributed by atoms with van der Waals surface area (Å²) in [6.07, 6.45) is 0.737. The summed E-state index contributed by atoms with van der Waals surface area (Å²) in [6.45, 7) is 2.27. The fourth-order valence-electron chi connectivity index (χ4n) is 2.57. The molecule has 29 heavy (non-hydrogen) atoms. The highest BCUT2D eigenvalue weighted by molar-refractivity contribution is 7.89. The van der Waals surface area contributed by atoms with E-state index in [4.69, 9.17) is 21.1 Å². The Morgan fingerprint density at radius 2 is 1.83 bits per heavy atom. The number of hydrogen-bond donors (Lipinski definition) is 1. The van der Waals surface area contributed by atoms with Crippen molar-refractivity contribution < 1.29 is 22.7 Å². The van der Waals surface area contributed by atoms with Crippen LogP contribution in [0.2, 0.25) is 5.02 Å². The van der Waals surface area contributed by atoms with Crippen molar-refractivity contribution in [3.05, 3.63) is 47.0 Å². The van der Waals surface area contributed by atoms with Crippen LogP contribution in [-0.2, 0) is 14.8 Å². The third kappa shape index (κ3) is 6.09. The van der Waals surface area contributed by atoms with Crippen molar-refractivity contribution >= 4 is 33.2 Å². The fourth-order valence-corrected chi connectivity index (χ4v) is 3.87. The number of anilines is 1. The minimum Gasteiger partial charge on any atom is -0.495 e. The van der Waals surface area contributed by atoms with E-state index < -0.39 is 10.0 Å². The molecule has 7 nitrogen and oxygen atoms in total. The molecule has 2 rings (SSSR count). The van der Waals surface area contributed by atoms with Crippen molar-refractivity contribution in [1.82, 2.24) is 4.31 Å². The topological polar surface area (TPSA) is 84.9 Å². The number of ether oxygens (including phenoxy) is 2. The van der Waals surface area contributed by atoms with Gasteiger partial charge in [0.25, 0.3) is 0 Å². The van der Waals surface area contributed by atoms with Gasteiger partial charge in [0.05, 0.1) is 13.7 Å². The monoisotopic (exact) mass is 440 g/mol. The minimum absolute atomic E-state index is 0.00986. The normalized spacial score (nSPS) is 11.4. The lowest BCUT2D eigenvalue weighted by Crippen LogP contribution is -2.23. The standard InChI is InChI=1S/C20H25ClN2O5S/c1-14-12-15(21)7-9-17(14)28-11-5-6-20(24)22-16-8-10-18(27-4)19(13-16)29(25,26)23(2)3/h7-10,12-13H,5-6,11H2,1-4H3,(H,22,24). The second-order valence-corrected chi connectivity index (χ2v) is 9.12. The number of rotatable bonds is 9. The molecule has 0 atom stereocenters. The highest BCUT2D eigenvalue weighted by Gasteiger charge is 2.23. The van der Waals surface area contributed by atoms with Gasteiger partial charge in [-0.2, -0.15) is 0 Å². The summed E-state index contributed by atoms with van der Waals surface area (Å²) in [5.41, 5.74) is 1.31. The Balaban J connectivity index is 1.95. The number of nitrogens with one attached hydrogen (secondary N) is 1. The molecule has 0 unspecified atom stereocenters. The largest absolute Gasteiger partial charge is 0.495 e. The highest BCUT2D eigenvalue weighted by atomic mass is 35.5. The number of amides is 1. The van der Waals surface area contributed by atoms with E-state index >= 15 is 0 Å². The number of sulfonamides is 1.